The highest BCUT2D eigenvalue weighted by Crippen LogP contribution is 2.19. The molecule has 0 atom stereocenters. The molecule has 0 bridgehead atoms. The van der Waals surface area contributed by atoms with Crippen molar-refractivity contribution < 1.29 is 23.9 Å². The van der Waals surface area contributed by atoms with Crippen LogP contribution in [-0.2, 0) is 14.3 Å². The van der Waals surface area contributed by atoms with Crippen LogP contribution >= 0.6 is 0 Å². The number of H-pyrrole nitrogens is 1. The fourth-order valence-electron chi connectivity index (χ4n) is 1.90. The number of aromatic amines is 1. The Labute approximate surface area is 128 Å². The molecule has 0 saturated carbocycles. The zero-order valence-corrected chi connectivity index (χ0v) is 12.9. The van der Waals surface area contributed by atoms with Crippen LogP contribution in [0.2, 0.25) is 0 Å². The highest BCUT2D eigenvalue weighted by Gasteiger charge is 2.24. The molecular formula is C15H20N2O5. The number of carbonyl (C=O) groups is 3. The van der Waals surface area contributed by atoms with Gasteiger partial charge in [-0.3, -0.25) is 4.79 Å². The van der Waals surface area contributed by atoms with E-state index in [9.17, 15) is 14.4 Å². The van der Waals surface area contributed by atoms with Crippen molar-refractivity contribution in [3.05, 3.63) is 35.2 Å². The Hall–Kier alpha value is -2.57. The Morgan fingerprint density at radius 2 is 1.91 bits per heavy atom. The van der Waals surface area contributed by atoms with Gasteiger partial charge in [-0.05, 0) is 26.3 Å². The summed E-state index contributed by atoms with van der Waals surface area (Å²) in [6, 6.07) is 0. The Kier molecular flexibility index (Phi) is 6.37. The fraction of sp³-hybridized carbons (Fsp3) is 0.400. The number of aromatic nitrogens is 1. The van der Waals surface area contributed by atoms with Gasteiger partial charge in [0.1, 0.15) is 5.69 Å². The van der Waals surface area contributed by atoms with E-state index in [1.165, 1.54) is 6.08 Å². The van der Waals surface area contributed by atoms with Crippen molar-refractivity contribution in [2.75, 3.05) is 19.8 Å². The lowest BCUT2D eigenvalue weighted by Crippen LogP contribution is -2.28. The molecule has 7 heteroatoms. The van der Waals surface area contributed by atoms with E-state index in [1.54, 1.807) is 20.8 Å². The van der Waals surface area contributed by atoms with Crippen LogP contribution in [0.1, 0.15) is 39.0 Å². The second kappa shape index (κ2) is 8.02. The van der Waals surface area contributed by atoms with Crippen LogP contribution in [-0.4, -0.2) is 42.6 Å². The maximum atomic E-state index is 12.1. The third-order valence-corrected chi connectivity index (χ3v) is 2.90. The summed E-state index contributed by atoms with van der Waals surface area (Å²) in [6.07, 6.45) is 1.52. The van der Waals surface area contributed by atoms with E-state index >= 15 is 0 Å². The number of rotatable bonds is 7. The highest BCUT2D eigenvalue weighted by atomic mass is 16.5. The molecule has 1 heterocycles. The molecule has 1 aromatic heterocycles. The van der Waals surface area contributed by atoms with Crippen LogP contribution in [0.15, 0.2) is 12.7 Å². The van der Waals surface area contributed by atoms with Crippen molar-refractivity contribution in [1.82, 2.24) is 10.3 Å². The number of hydrogen-bond acceptors (Lipinski definition) is 5. The minimum atomic E-state index is -0.671. The lowest BCUT2D eigenvalue weighted by molar-refractivity contribution is -0.124. The van der Waals surface area contributed by atoms with Crippen LogP contribution in [0.4, 0.5) is 0 Å². The smallest absolute Gasteiger partial charge is 0.355 e. The minimum Gasteiger partial charge on any atom is -0.461 e. The van der Waals surface area contributed by atoms with Gasteiger partial charge in [0.2, 0.25) is 0 Å². The number of esters is 2. The van der Waals surface area contributed by atoms with Gasteiger partial charge in [0.15, 0.2) is 6.61 Å². The van der Waals surface area contributed by atoms with E-state index < -0.39 is 24.5 Å². The third kappa shape index (κ3) is 4.21. The van der Waals surface area contributed by atoms with Crippen LogP contribution in [0, 0.1) is 13.8 Å². The van der Waals surface area contributed by atoms with Crippen molar-refractivity contribution in [2.24, 2.45) is 0 Å². The molecule has 2 N–H and O–H groups in total. The first-order chi connectivity index (χ1) is 10.4. The van der Waals surface area contributed by atoms with Gasteiger partial charge < -0.3 is 19.8 Å². The Bertz CT molecular complexity index is 589. The topological polar surface area (TPSA) is 97.5 Å². The molecule has 120 valence electrons. The fourth-order valence-corrected chi connectivity index (χ4v) is 1.90. The van der Waals surface area contributed by atoms with Gasteiger partial charge in [0.05, 0.1) is 12.2 Å². The largest absolute Gasteiger partial charge is 0.461 e. The molecular weight excluding hydrogens is 288 g/mol. The molecule has 7 nitrogen and oxygen atoms in total. The normalized spacial score (nSPS) is 9.95. The van der Waals surface area contributed by atoms with E-state index in [4.69, 9.17) is 9.47 Å². The molecule has 0 aliphatic carbocycles. The lowest BCUT2D eigenvalue weighted by atomic mass is 10.1. The predicted octanol–water partition coefficient (Wildman–Crippen LogP) is 1.27. The lowest BCUT2D eigenvalue weighted by Gasteiger charge is -2.06. The standard InChI is InChI=1S/C15H20N2O5/c1-5-7-16-11(18)8-22-14(19)12-9(3)13(17-10(12)4)15(20)21-6-2/h5,17H,1,6-8H2,2-4H3,(H,16,18). The number of carbonyl (C=O) groups excluding carboxylic acids is 3. The first kappa shape index (κ1) is 17.5. The Balaban J connectivity index is 2.79. The summed E-state index contributed by atoms with van der Waals surface area (Å²) < 4.78 is 9.85. The van der Waals surface area contributed by atoms with Crippen LogP contribution in [0.5, 0.6) is 0 Å². The maximum absolute atomic E-state index is 12.1. The van der Waals surface area contributed by atoms with Crippen molar-refractivity contribution in [3.63, 3.8) is 0 Å². The maximum Gasteiger partial charge on any atom is 0.355 e. The summed E-state index contributed by atoms with van der Waals surface area (Å²) in [5, 5.41) is 2.49. The van der Waals surface area contributed by atoms with Gasteiger partial charge in [0, 0.05) is 12.2 Å². The van der Waals surface area contributed by atoms with Crippen molar-refractivity contribution in [1.29, 1.82) is 0 Å². The van der Waals surface area contributed by atoms with Crippen molar-refractivity contribution in [3.8, 4) is 0 Å². The summed E-state index contributed by atoms with van der Waals surface area (Å²) in [6.45, 7) is 8.55. The van der Waals surface area contributed by atoms with Gasteiger partial charge in [-0.15, -0.1) is 6.58 Å². The SMILES string of the molecule is C=CCNC(=O)COC(=O)c1c(C)[nH]c(C(=O)OCC)c1C. The first-order valence-electron chi connectivity index (χ1n) is 6.83. The van der Waals surface area contributed by atoms with Gasteiger partial charge in [-0.2, -0.15) is 0 Å². The summed E-state index contributed by atoms with van der Waals surface area (Å²) in [5.74, 6) is -1.63. The predicted molar refractivity (Wildman–Crippen MR) is 79.7 cm³/mol. The minimum absolute atomic E-state index is 0.211. The van der Waals surface area contributed by atoms with Gasteiger partial charge in [-0.1, -0.05) is 6.08 Å². The molecule has 0 radical (unpaired) electrons. The Morgan fingerprint density at radius 1 is 1.23 bits per heavy atom. The molecule has 0 aliphatic heterocycles. The van der Waals surface area contributed by atoms with Crippen molar-refractivity contribution in [2.45, 2.75) is 20.8 Å². The monoisotopic (exact) mass is 308 g/mol. The molecule has 0 aliphatic rings. The van der Waals surface area contributed by atoms with E-state index in [0.29, 0.717) is 17.8 Å². The average molecular weight is 308 g/mol. The molecule has 0 spiro atoms. The molecule has 0 unspecified atom stereocenters. The van der Waals surface area contributed by atoms with E-state index in [-0.39, 0.29) is 17.9 Å². The first-order valence-corrected chi connectivity index (χ1v) is 6.83. The third-order valence-electron chi connectivity index (χ3n) is 2.90. The van der Waals surface area contributed by atoms with Gasteiger partial charge in [0.25, 0.3) is 5.91 Å². The zero-order chi connectivity index (χ0) is 16.7. The molecule has 22 heavy (non-hydrogen) atoms. The van der Waals surface area contributed by atoms with E-state index in [1.807, 2.05) is 0 Å². The molecule has 1 amide bonds. The molecule has 0 saturated heterocycles. The summed E-state index contributed by atoms with van der Waals surface area (Å²) >= 11 is 0. The number of nitrogens with one attached hydrogen (secondary N) is 2. The zero-order valence-electron chi connectivity index (χ0n) is 12.9. The van der Waals surface area contributed by atoms with E-state index in [0.717, 1.165) is 0 Å². The van der Waals surface area contributed by atoms with Gasteiger partial charge in [-0.25, -0.2) is 9.59 Å². The summed E-state index contributed by atoms with van der Waals surface area (Å²) in [5.41, 5.74) is 1.37. The van der Waals surface area contributed by atoms with Crippen LogP contribution in [0.25, 0.3) is 0 Å². The van der Waals surface area contributed by atoms with Gasteiger partial charge >= 0.3 is 11.9 Å². The van der Waals surface area contributed by atoms with Crippen LogP contribution < -0.4 is 5.32 Å². The average Bonchev–Trinajstić information content (AvgIpc) is 2.78. The van der Waals surface area contributed by atoms with Crippen molar-refractivity contribution >= 4 is 17.8 Å². The summed E-state index contributed by atoms with van der Waals surface area (Å²) in [7, 11) is 0. The molecule has 0 fully saturated rings. The molecule has 1 aromatic rings. The van der Waals surface area contributed by atoms with E-state index in [2.05, 4.69) is 16.9 Å². The second-order valence-electron chi connectivity index (χ2n) is 4.51. The number of ether oxygens (including phenoxy) is 2. The summed E-state index contributed by atoms with van der Waals surface area (Å²) in [4.78, 5) is 38.0. The highest BCUT2D eigenvalue weighted by molar-refractivity contribution is 5.99. The number of amides is 1. The second-order valence-corrected chi connectivity index (χ2v) is 4.51. The van der Waals surface area contributed by atoms with Crippen LogP contribution in [0.3, 0.4) is 0 Å². The quantitative estimate of drug-likeness (QED) is 0.584. The molecule has 0 aromatic carbocycles. The molecule has 1 rings (SSSR count). The number of aryl methyl sites for hydroxylation is 1. The Morgan fingerprint density at radius 3 is 2.50 bits per heavy atom. The number of hydrogen-bond donors (Lipinski definition) is 2.